The molecule has 1 saturated heterocycles. The number of non-ortho nitro benzene ring substituents is 1. The highest BCUT2D eigenvalue weighted by atomic mass is 35.5. The summed E-state index contributed by atoms with van der Waals surface area (Å²) in [6.07, 6.45) is 2.29. The molecule has 2 aromatic carbocycles. The lowest BCUT2D eigenvalue weighted by atomic mass is 10.1. The van der Waals surface area contributed by atoms with Crippen LogP contribution < -0.4 is 5.32 Å². The molecule has 1 fully saturated rings. The summed E-state index contributed by atoms with van der Waals surface area (Å²) in [6.45, 7) is 2.40. The average molecular weight is 374 g/mol. The quantitative estimate of drug-likeness (QED) is 0.617. The number of hydrogen-bond donors (Lipinski definition) is 1. The van der Waals surface area contributed by atoms with Crippen molar-refractivity contribution in [2.45, 2.75) is 18.9 Å². The molecule has 3 rings (SSSR count). The van der Waals surface area contributed by atoms with E-state index in [1.165, 1.54) is 18.2 Å². The molecule has 1 heterocycles. The Bertz CT molecular complexity index is 792. The van der Waals surface area contributed by atoms with Crippen molar-refractivity contribution in [2.75, 3.05) is 19.6 Å². The summed E-state index contributed by atoms with van der Waals surface area (Å²) in [4.78, 5) is 25.3. The van der Waals surface area contributed by atoms with Gasteiger partial charge in [-0.25, -0.2) is 0 Å². The number of carbonyl (C=O) groups is 1. The SMILES string of the molecule is O=C(NCC(c1ccccc1)N1CCCC1)c1cc([N+](=O)[O-])ccc1Cl. The Balaban J connectivity index is 1.75. The first kappa shape index (κ1) is 18.4. The molecule has 0 aromatic heterocycles. The molecule has 1 unspecified atom stereocenters. The number of benzene rings is 2. The Morgan fingerprint density at radius 1 is 1.19 bits per heavy atom. The van der Waals surface area contributed by atoms with Gasteiger partial charge >= 0.3 is 0 Å². The van der Waals surface area contributed by atoms with E-state index in [4.69, 9.17) is 11.6 Å². The zero-order chi connectivity index (χ0) is 18.5. The van der Waals surface area contributed by atoms with Crippen LogP contribution in [0.4, 0.5) is 5.69 Å². The van der Waals surface area contributed by atoms with Gasteiger partial charge in [0, 0.05) is 18.7 Å². The van der Waals surface area contributed by atoms with Crippen molar-refractivity contribution in [3.63, 3.8) is 0 Å². The number of nitro groups is 1. The Labute approximate surface area is 156 Å². The molecule has 1 N–H and O–H groups in total. The third-order valence-electron chi connectivity index (χ3n) is 4.63. The topological polar surface area (TPSA) is 75.5 Å². The second-order valence-corrected chi connectivity index (χ2v) is 6.71. The number of nitrogens with zero attached hydrogens (tertiary/aromatic N) is 2. The predicted octanol–water partition coefficient (Wildman–Crippen LogP) is 3.82. The average Bonchev–Trinajstić information content (AvgIpc) is 3.17. The first-order valence-corrected chi connectivity index (χ1v) is 8.95. The van der Waals surface area contributed by atoms with Gasteiger partial charge in [0.2, 0.25) is 0 Å². The maximum absolute atomic E-state index is 12.6. The Morgan fingerprint density at radius 3 is 2.54 bits per heavy atom. The maximum Gasteiger partial charge on any atom is 0.270 e. The van der Waals surface area contributed by atoms with Crippen LogP contribution in [-0.4, -0.2) is 35.4 Å². The van der Waals surface area contributed by atoms with Crippen molar-refractivity contribution in [1.82, 2.24) is 10.2 Å². The molecule has 0 saturated carbocycles. The van der Waals surface area contributed by atoms with Gasteiger partial charge in [-0.1, -0.05) is 41.9 Å². The standard InChI is InChI=1S/C19H20ClN3O3/c20-17-9-8-15(23(25)26)12-16(17)19(24)21-13-18(22-10-4-5-11-22)14-6-2-1-3-7-14/h1-3,6-9,12,18H,4-5,10-11,13H2,(H,21,24). The van der Waals surface area contributed by atoms with Crippen LogP contribution in [0.5, 0.6) is 0 Å². The lowest BCUT2D eigenvalue weighted by molar-refractivity contribution is -0.384. The predicted molar refractivity (Wildman–Crippen MR) is 100 cm³/mol. The van der Waals surface area contributed by atoms with E-state index < -0.39 is 10.8 Å². The number of carbonyl (C=O) groups excluding carboxylic acids is 1. The van der Waals surface area contributed by atoms with Crippen LogP contribution in [0, 0.1) is 10.1 Å². The minimum Gasteiger partial charge on any atom is -0.350 e. The molecule has 1 atom stereocenters. The Hall–Kier alpha value is -2.44. The molecule has 6 nitrogen and oxygen atoms in total. The number of hydrogen-bond acceptors (Lipinski definition) is 4. The van der Waals surface area contributed by atoms with E-state index in [0.29, 0.717) is 6.54 Å². The highest BCUT2D eigenvalue weighted by Gasteiger charge is 2.24. The summed E-state index contributed by atoms with van der Waals surface area (Å²) in [5.74, 6) is -0.404. The molecular formula is C19H20ClN3O3. The van der Waals surface area contributed by atoms with Gasteiger partial charge in [-0.15, -0.1) is 0 Å². The van der Waals surface area contributed by atoms with Crippen molar-refractivity contribution < 1.29 is 9.72 Å². The van der Waals surface area contributed by atoms with Crippen LogP contribution in [0.2, 0.25) is 5.02 Å². The largest absolute Gasteiger partial charge is 0.350 e. The van der Waals surface area contributed by atoms with E-state index in [2.05, 4.69) is 22.3 Å². The highest BCUT2D eigenvalue weighted by Crippen LogP contribution is 2.25. The zero-order valence-corrected chi connectivity index (χ0v) is 15.0. The molecule has 0 spiro atoms. The Kier molecular flexibility index (Phi) is 5.85. The summed E-state index contributed by atoms with van der Waals surface area (Å²) in [7, 11) is 0. The Morgan fingerprint density at radius 2 is 1.88 bits per heavy atom. The van der Waals surface area contributed by atoms with Gasteiger partial charge in [0.25, 0.3) is 11.6 Å². The minimum absolute atomic E-state index is 0.0696. The van der Waals surface area contributed by atoms with Crippen molar-refractivity contribution in [2.24, 2.45) is 0 Å². The van der Waals surface area contributed by atoms with E-state index in [1.54, 1.807) is 0 Å². The van der Waals surface area contributed by atoms with Gasteiger partial charge in [-0.2, -0.15) is 0 Å². The van der Waals surface area contributed by atoms with Gasteiger partial charge < -0.3 is 5.32 Å². The first-order chi connectivity index (χ1) is 12.6. The lowest BCUT2D eigenvalue weighted by Gasteiger charge is -2.28. The summed E-state index contributed by atoms with van der Waals surface area (Å²) in [5.41, 5.74) is 1.10. The summed E-state index contributed by atoms with van der Waals surface area (Å²) < 4.78 is 0. The third kappa shape index (κ3) is 4.20. The van der Waals surface area contributed by atoms with Gasteiger partial charge in [0.15, 0.2) is 0 Å². The highest BCUT2D eigenvalue weighted by molar-refractivity contribution is 6.33. The smallest absolute Gasteiger partial charge is 0.270 e. The molecule has 0 radical (unpaired) electrons. The van der Waals surface area contributed by atoms with Crippen LogP contribution in [0.3, 0.4) is 0 Å². The molecule has 26 heavy (non-hydrogen) atoms. The molecule has 0 aliphatic carbocycles. The van der Waals surface area contributed by atoms with Crippen molar-refractivity contribution in [3.8, 4) is 0 Å². The number of halogens is 1. The molecule has 2 aromatic rings. The fraction of sp³-hybridized carbons (Fsp3) is 0.316. The summed E-state index contributed by atoms with van der Waals surface area (Å²) in [6, 6.07) is 14.0. The van der Waals surface area contributed by atoms with Crippen LogP contribution in [0.15, 0.2) is 48.5 Å². The molecule has 1 amide bonds. The fourth-order valence-corrected chi connectivity index (χ4v) is 3.48. The van der Waals surface area contributed by atoms with E-state index in [9.17, 15) is 14.9 Å². The fourth-order valence-electron chi connectivity index (χ4n) is 3.27. The molecule has 7 heteroatoms. The van der Waals surface area contributed by atoms with E-state index in [0.717, 1.165) is 31.5 Å². The number of rotatable bonds is 6. The number of amides is 1. The lowest BCUT2D eigenvalue weighted by Crippen LogP contribution is -2.36. The molecule has 136 valence electrons. The molecule has 1 aliphatic rings. The normalized spacial score (nSPS) is 15.6. The second kappa shape index (κ2) is 8.29. The number of nitro benzene ring substituents is 1. The number of likely N-dealkylation sites (tertiary alicyclic amines) is 1. The zero-order valence-electron chi connectivity index (χ0n) is 14.2. The monoisotopic (exact) mass is 373 g/mol. The van der Waals surface area contributed by atoms with Crippen molar-refractivity contribution in [3.05, 3.63) is 74.8 Å². The number of nitrogens with one attached hydrogen (secondary N) is 1. The molecule has 1 aliphatic heterocycles. The molecule has 0 bridgehead atoms. The van der Waals surface area contributed by atoms with Gasteiger partial charge in [-0.3, -0.25) is 19.8 Å². The van der Waals surface area contributed by atoms with Crippen molar-refractivity contribution in [1.29, 1.82) is 0 Å². The maximum atomic E-state index is 12.6. The van der Waals surface area contributed by atoms with Crippen LogP contribution in [0.1, 0.15) is 34.8 Å². The minimum atomic E-state index is -0.538. The van der Waals surface area contributed by atoms with Gasteiger partial charge in [-0.05, 0) is 37.6 Å². The van der Waals surface area contributed by atoms with Crippen LogP contribution >= 0.6 is 11.6 Å². The first-order valence-electron chi connectivity index (χ1n) is 8.57. The van der Waals surface area contributed by atoms with E-state index in [1.807, 2.05) is 18.2 Å². The van der Waals surface area contributed by atoms with E-state index in [-0.39, 0.29) is 22.3 Å². The van der Waals surface area contributed by atoms with Gasteiger partial charge in [0.1, 0.15) is 0 Å². The second-order valence-electron chi connectivity index (χ2n) is 6.30. The summed E-state index contributed by atoms with van der Waals surface area (Å²) in [5, 5.41) is 14.0. The molecular weight excluding hydrogens is 354 g/mol. The van der Waals surface area contributed by atoms with Crippen molar-refractivity contribution >= 4 is 23.2 Å². The summed E-state index contributed by atoms with van der Waals surface area (Å²) >= 11 is 6.06. The third-order valence-corrected chi connectivity index (χ3v) is 4.96. The van der Waals surface area contributed by atoms with Crippen LogP contribution in [-0.2, 0) is 0 Å². The van der Waals surface area contributed by atoms with Crippen LogP contribution in [0.25, 0.3) is 0 Å². The van der Waals surface area contributed by atoms with E-state index >= 15 is 0 Å². The van der Waals surface area contributed by atoms with Gasteiger partial charge in [0.05, 0.1) is 21.6 Å².